The fraction of sp³-hybridized carbons (Fsp3) is 0.565. The molecule has 2 aromatic heterocycles. The van der Waals surface area contributed by atoms with E-state index in [1.54, 1.807) is 10.9 Å². The Morgan fingerprint density at radius 2 is 1.84 bits per heavy atom. The van der Waals surface area contributed by atoms with E-state index < -0.39 is 60.2 Å². The zero-order chi connectivity index (χ0) is 26.1. The summed E-state index contributed by atoms with van der Waals surface area (Å²) in [6.07, 6.45) is 0.604. The molecule has 4 fully saturated rings. The van der Waals surface area contributed by atoms with Crippen molar-refractivity contribution in [3.8, 4) is 11.3 Å². The number of aliphatic hydroxyl groups excluding tert-OH is 2. The molecule has 0 radical (unpaired) electrons. The summed E-state index contributed by atoms with van der Waals surface area (Å²) in [5.41, 5.74) is -1.26. The molecule has 0 unspecified atom stereocenters. The summed E-state index contributed by atoms with van der Waals surface area (Å²) in [6.45, 7) is -0.516. The molecule has 4 aliphatic rings. The van der Waals surface area contributed by atoms with Crippen LogP contribution in [0, 0.1) is 17.5 Å². The maximum Gasteiger partial charge on any atom is 0.195 e. The Morgan fingerprint density at radius 3 is 2.51 bits per heavy atom. The van der Waals surface area contributed by atoms with Gasteiger partial charge in [0.15, 0.2) is 17.5 Å². The maximum absolute atomic E-state index is 14.3. The van der Waals surface area contributed by atoms with Gasteiger partial charge in [0, 0.05) is 44.6 Å². The van der Waals surface area contributed by atoms with E-state index in [0.29, 0.717) is 25.0 Å². The molecule has 3 saturated carbocycles. The highest BCUT2D eigenvalue weighted by molar-refractivity contribution is 5.58. The van der Waals surface area contributed by atoms with Crippen LogP contribution < -0.4 is 0 Å². The lowest BCUT2D eigenvalue weighted by atomic mass is 9.47. The van der Waals surface area contributed by atoms with E-state index in [9.17, 15) is 27.8 Å². The molecule has 10 nitrogen and oxygen atoms in total. The Bertz CT molecular complexity index is 1310. The fourth-order valence-electron chi connectivity index (χ4n) is 5.89. The van der Waals surface area contributed by atoms with Crippen LogP contribution in [0.1, 0.15) is 31.0 Å². The summed E-state index contributed by atoms with van der Waals surface area (Å²) in [6, 6.07) is 0.879. The Morgan fingerprint density at radius 1 is 1.08 bits per heavy atom. The molecule has 0 amide bonds. The largest absolute Gasteiger partial charge is 0.394 e. The quantitative estimate of drug-likeness (QED) is 0.352. The number of alkyl halides is 1. The average molecular weight is 524 g/mol. The summed E-state index contributed by atoms with van der Waals surface area (Å²) in [7, 11) is 1.41. The van der Waals surface area contributed by atoms with Crippen LogP contribution in [0.25, 0.3) is 11.3 Å². The zero-order valence-electron chi connectivity index (χ0n) is 19.6. The third-order valence-corrected chi connectivity index (χ3v) is 7.74. The van der Waals surface area contributed by atoms with Crippen LogP contribution in [0.5, 0.6) is 0 Å². The van der Waals surface area contributed by atoms with Gasteiger partial charge in [-0.2, -0.15) is 0 Å². The molecule has 1 aliphatic heterocycles. The van der Waals surface area contributed by atoms with E-state index in [1.165, 1.54) is 18.0 Å². The molecule has 2 bridgehead atoms. The highest BCUT2D eigenvalue weighted by Gasteiger charge is 2.71. The lowest BCUT2D eigenvalue weighted by Crippen LogP contribution is -2.70. The Hall–Kier alpha value is -2.94. The first-order chi connectivity index (χ1) is 17.7. The monoisotopic (exact) mass is 524 g/mol. The van der Waals surface area contributed by atoms with E-state index in [2.05, 4.69) is 20.6 Å². The number of halogens is 4. The Labute approximate surface area is 207 Å². The summed E-state index contributed by atoms with van der Waals surface area (Å²) in [5.74, 6) is -4.39. The van der Waals surface area contributed by atoms with Gasteiger partial charge in [-0.25, -0.2) is 26.9 Å². The van der Waals surface area contributed by atoms with Crippen LogP contribution >= 0.6 is 0 Å². The van der Waals surface area contributed by atoms with Gasteiger partial charge in [0.05, 0.1) is 30.1 Å². The fourth-order valence-corrected chi connectivity index (χ4v) is 5.89. The predicted octanol–water partition coefficient (Wildman–Crippen LogP) is 1.47. The van der Waals surface area contributed by atoms with E-state index in [-0.39, 0.29) is 23.2 Å². The van der Waals surface area contributed by atoms with Crippen molar-refractivity contribution in [2.45, 2.75) is 67.3 Å². The summed E-state index contributed by atoms with van der Waals surface area (Å²) < 4.78 is 69.9. The van der Waals surface area contributed by atoms with Crippen LogP contribution in [0.4, 0.5) is 17.6 Å². The summed E-state index contributed by atoms with van der Waals surface area (Å²) in [4.78, 5) is 0. The molecule has 198 valence electrons. The number of ether oxygens (including phenoxy) is 2. The molecule has 3 aromatic rings. The molecule has 7 rings (SSSR count). The van der Waals surface area contributed by atoms with Gasteiger partial charge in [-0.3, -0.25) is 0 Å². The van der Waals surface area contributed by atoms with Gasteiger partial charge in [0.25, 0.3) is 0 Å². The lowest BCUT2D eigenvalue weighted by molar-refractivity contribution is -0.212. The van der Waals surface area contributed by atoms with Crippen molar-refractivity contribution in [3.05, 3.63) is 47.7 Å². The number of aromatic nitrogens is 6. The van der Waals surface area contributed by atoms with E-state index in [0.717, 1.165) is 12.1 Å². The molecule has 1 aromatic carbocycles. The molecule has 14 heteroatoms. The lowest BCUT2D eigenvalue weighted by Gasteiger charge is -2.64. The summed E-state index contributed by atoms with van der Waals surface area (Å²) in [5, 5.41) is 37.0. The highest BCUT2D eigenvalue weighted by atomic mass is 19.2. The number of hydrogen-bond donors (Lipinski definition) is 2. The van der Waals surface area contributed by atoms with Gasteiger partial charge in [0.1, 0.15) is 35.7 Å². The second-order valence-corrected chi connectivity index (χ2v) is 10.1. The second-order valence-electron chi connectivity index (χ2n) is 10.1. The Kier molecular flexibility index (Phi) is 5.64. The van der Waals surface area contributed by atoms with Crippen LogP contribution in [0.3, 0.4) is 0 Å². The van der Waals surface area contributed by atoms with Crippen molar-refractivity contribution in [3.63, 3.8) is 0 Å². The van der Waals surface area contributed by atoms with E-state index in [4.69, 9.17) is 9.47 Å². The SMILES string of the molecule is CO[C@@H]1[C@@H](n2cc(-c3ccc(F)c(F)c3F)nn2)[C@@H](O)[C@@H](CO)O[C@@H]1Cc1cn(C23CC(F)(C2)C3)nn1. The molecule has 0 spiro atoms. The first-order valence-corrected chi connectivity index (χ1v) is 11.8. The molecule has 3 heterocycles. The minimum atomic E-state index is -1.64. The Balaban J connectivity index is 1.27. The van der Waals surface area contributed by atoms with Crippen molar-refractivity contribution in [2.75, 3.05) is 13.7 Å². The second kappa shape index (κ2) is 8.55. The standard InChI is InChI=1S/C23H24F4N6O4/c1-36-21-15(4-11-5-33(31-28-11)23-8-22(27,9-23)10-23)37-16(7-34)20(35)19(21)32-6-14(29-30-32)12-2-3-13(24)18(26)17(12)25/h2-3,5-6,15-16,19-21,34-35H,4,7-10H2,1H3/t15-,16-,19+,20+,21+,22?,23?/m1/s1. The minimum absolute atomic E-state index is 0.0887. The molecular weight excluding hydrogens is 500 g/mol. The smallest absolute Gasteiger partial charge is 0.195 e. The summed E-state index contributed by atoms with van der Waals surface area (Å²) >= 11 is 0. The molecule has 2 N–H and O–H groups in total. The van der Waals surface area contributed by atoms with Crippen molar-refractivity contribution >= 4 is 0 Å². The number of aliphatic hydroxyl groups is 2. The number of methoxy groups -OCH3 is 1. The van der Waals surface area contributed by atoms with E-state index in [1.807, 2.05) is 0 Å². The van der Waals surface area contributed by atoms with Gasteiger partial charge in [0.2, 0.25) is 0 Å². The van der Waals surface area contributed by atoms with Crippen LogP contribution in [-0.4, -0.2) is 84.0 Å². The topological polar surface area (TPSA) is 120 Å². The molecular formula is C23H24F4N6O4. The van der Waals surface area contributed by atoms with Crippen molar-refractivity contribution in [1.29, 1.82) is 0 Å². The van der Waals surface area contributed by atoms with Gasteiger partial charge in [-0.05, 0) is 12.1 Å². The van der Waals surface area contributed by atoms with Gasteiger partial charge < -0.3 is 19.7 Å². The van der Waals surface area contributed by atoms with Gasteiger partial charge in [-0.1, -0.05) is 10.4 Å². The number of nitrogens with zero attached hydrogens (tertiary/aromatic N) is 6. The third kappa shape index (κ3) is 3.76. The molecule has 1 saturated heterocycles. The predicted molar refractivity (Wildman–Crippen MR) is 116 cm³/mol. The van der Waals surface area contributed by atoms with Crippen molar-refractivity contribution in [1.82, 2.24) is 30.0 Å². The first kappa shape index (κ1) is 24.4. The average Bonchev–Trinajstić information content (AvgIpc) is 3.50. The third-order valence-electron chi connectivity index (χ3n) is 7.74. The highest BCUT2D eigenvalue weighted by Crippen LogP contribution is 2.67. The molecule has 37 heavy (non-hydrogen) atoms. The van der Waals surface area contributed by atoms with Gasteiger partial charge in [-0.15, -0.1) is 10.2 Å². The first-order valence-electron chi connectivity index (χ1n) is 11.8. The van der Waals surface area contributed by atoms with Crippen LogP contribution in [0.15, 0.2) is 24.5 Å². The van der Waals surface area contributed by atoms with Crippen molar-refractivity contribution < 1.29 is 37.2 Å². The maximum atomic E-state index is 14.3. The van der Waals surface area contributed by atoms with Crippen LogP contribution in [0.2, 0.25) is 0 Å². The molecule has 5 atom stereocenters. The van der Waals surface area contributed by atoms with E-state index >= 15 is 0 Å². The number of hydrogen-bond acceptors (Lipinski definition) is 8. The van der Waals surface area contributed by atoms with Gasteiger partial charge >= 0.3 is 0 Å². The normalized spacial score (nSPS) is 34.7. The number of rotatable bonds is 7. The number of benzene rings is 1. The van der Waals surface area contributed by atoms with Crippen LogP contribution in [-0.2, 0) is 21.4 Å². The minimum Gasteiger partial charge on any atom is -0.394 e. The molecule has 3 aliphatic carbocycles. The zero-order valence-corrected chi connectivity index (χ0v) is 19.6. The van der Waals surface area contributed by atoms with Crippen molar-refractivity contribution in [2.24, 2.45) is 0 Å².